The third-order valence-electron chi connectivity index (χ3n) is 1.93. The second-order valence-corrected chi connectivity index (χ2v) is 2.67. The smallest absolute Gasteiger partial charge is 0.0692 e. The van der Waals surface area contributed by atoms with Gasteiger partial charge >= 0.3 is 0 Å². The molecule has 2 rings (SSSR count). The van der Waals surface area contributed by atoms with E-state index in [1.54, 1.807) is 0 Å². The largest absolute Gasteiger partial charge is 0.362 e. The highest BCUT2D eigenvalue weighted by Crippen LogP contribution is 2.24. The number of hydrogen-bond acceptors (Lipinski definition) is 2. The van der Waals surface area contributed by atoms with E-state index in [-0.39, 0.29) is 0 Å². The highest BCUT2D eigenvalue weighted by Gasteiger charge is 2.12. The van der Waals surface area contributed by atoms with Crippen LogP contribution >= 0.6 is 0 Å². The van der Waals surface area contributed by atoms with Crippen LogP contribution in [0, 0.1) is 0 Å². The Bertz CT molecular complexity index is 278. The monoisotopic (exact) mass is 146 g/mol. The Labute approximate surface area is 66.0 Å². The molecule has 0 saturated carbocycles. The lowest BCUT2D eigenvalue weighted by Gasteiger charge is -2.18. The summed E-state index contributed by atoms with van der Waals surface area (Å²) < 4.78 is 0. The maximum atomic E-state index is 4.27. The van der Waals surface area contributed by atoms with Crippen molar-refractivity contribution in [2.24, 2.45) is 4.99 Å². The van der Waals surface area contributed by atoms with Crippen LogP contribution in [0.3, 0.4) is 0 Å². The molecule has 0 unspecified atom stereocenters. The minimum Gasteiger partial charge on any atom is -0.362 e. The average molecular weight is 146 g/mol. The molecule has 0 bridgehead atoms. The molecule has 1 N–H and O–H groups in total. The third kappa shape index (κ3) is 1.00. The van der Waals surface area contributed by atoms with E-state index >= 15 is 0 Å². The molecule has 2 nitrogen and oxygen atoms in total. The zero-order chi connectivity index (χ0) is 7.68. The van der Waals surface area contributed by atoms with Crippen LogP contribution in [0.5, 0.6) is 0 Å². The van der Waals surface area contributed by atoms with Crippen molar-refractivity contribution >= 4 is 6.21 Å². The minimum absolute atomic E-state index is 0.999. The maximum absolute atomic E-state index is 4.27. The summed E-state index contributed by atoms with van der Waals surface area (Å²) >= 11 is 0. The predicted molar refractivity (Wildman–Crippen MR) is 46.2 cm³/mol. The zero-order valence-electron chi connectivity index (χ0n) is 6.30. The van der Waals surface area contributed by atoms with Crippen LogP contribution in [0.15, 0.2) is 40.8 Å². The summed E-state index contributed by atoms with van der Waals surface area (Å²) in [5.41, 5.74) is 3.33. The Morgan fingerprint density at radius 3 is 3.27 bits per heavy atom. The molecule has 0 aliphatic carbocycles. The van der Waals surface area contributed by atoms with Crippen molar-refractivity contribution in [3.63, 3.8) is 0 Å². The van der Waals surface area contributed by atoms with E-state index in [2.05, 4.69) is 16.9 Å². The van der Waals surface area contributed by atoms with Gasteiger partial charge in [0.05, 0.1) is 5.70 Å². The number of rotatable bonds is 0. The second-order valence-electron chi connectivity index (χ2n) is 2.67. The zero-order valence-corrected chi connectivity index (χ0v) is 6.30. The molecule has 2 heterocycles. The van der Waals surface area contributed by atoms with Crippen LogP contribution in [-0.4, -0.2) is 6.21 Å². The van der Waals surface area contributed by atoms with E-state index in [1.807, 2.05) is 18.5 Å². The van der Waals surface area contributed by atoms with Gasteiger partial charge in [0.2, 0.25) is 0 Å². The molecule has 0 radical (unpaired) electrons. The summed E-state index contributed by atoms with van der Waals surface area (Å²) in [6.45, 7) is 3.90. The summed E-state index contributed by atoms with van der Waals surface area (Å²) in [5, 5.41) is 3.07. The normalized spacial score (nSPS) is 21.6. The van der Waals surface area contributed by atoms with Crippen LogP contribution in [-0.2, 0) is 0 Å². The fourth-order valence-corrected chi connectivity index (χ4v) is 1.34. The van der Waals surface area contributed by atoms with Gasteiger partial charge in [-0.2, -0.15) is 0 Å². The molecular formula is C9H10N2. The fraction of sp³-hybridized carbons (Fsp3) is 0.222. The second kappa shape index (κ2) is 2.38. The molecule has 0 amide bonds. The van der Waals surface area contributed by atoms with Gasteiger partial charge in [0.1, 0.15) is 0 Å². The van der Waals surface area contributed by atoms with Crippen molar-refractivity contribution in [1.29, 1.82) is 0 Å². The topological polar surface area (TPSA) is 24.4 Å². The number of nitrogens with zero attached hydrogens (tertiary/aromatic N) is 1. The molecule has 0 spiro atoms. The Morgan fingerprint density at radius 1 is 1.55 bits per heavy atom. The van der Waals surface area contributed by atoms with Gasteiger partial charge in [-0.05, 0) is 18.9 Å². The molecule has 11 heavy (non-hydrogen) atoms. The van der Waals surface area contributed by atoms with Crippen LogP contribution in [0.2, 0.25) is 0 Å². The quantitative estimate of drug-likeness (QED) is 0.553. The summed E-state index contributed by atoms with van der Waals surface area (Å²) in [6.07, 6.45) is 7.92. The first-order valence-corrected chi connectivity index (χ1v) is 3.76. The summed E-state index contributed by atoms with van der Waals surface area (Å²) in [5.74, 6) is 0. The van der Waals surface area contributed by atoms with Gasteiger partial charge in [0.15, 0.2) is 0 Å². The Kier molecular flexibility index (Phi) is 1.39. The van der Waals surface area contributed by atoms with Gasteiger partial charge in [-0.25, -0.2) is 0 Å². The van der Waals surface area contributed by atoms with Gasteiger partial charge in [0.25, 0.3) is 0 Å². The molecule has 0 aromatic rings. The minimum atomic E-state index is 0.999. The van der Waals surface area contributed by atoms with Crippen LogP contribution in [0.25, 0.3) is 0 Å². The van der Waals surface area contributed by atoms with E-state index in [9.17, 15) is 0 Å². The molecule has 0 saturated heterocycles. The molecule has 2 aliphatic heterocycles. The lowest BCUT2D eigenvalue weighted by atomic mass is 10.0. The van der Waals surface area contributed by atoms with Crippen LogP contribution in [0.4, 0.5) is 0 Å². The van der Waals surface area contributed by atoms with Crippen molar-refractivity contribution in [2.75, 3.05) is 0 Å². The van der Waals surface area contributed by atoms with Gasteiger partial charge in [-0.15, -0.1) is 0 Å². The lowest BCUT2D eigenvalue weighted by Crippen LogP contribution is -2.13. The van der Waals surface area contributed by atoms with E-state index in [4.69, 9.17) is 0 Å². The average Bonchev–Trinajstić information content (AvgIpc) is 2.06. The molecule has 0 aromatic heterocycles. The summed E-state index contributed by atoms with van der Waals surface area (Å²) in [4.78, 5) is 4.27. The number of aliphatic imine (C=N–C) groups is 1. The molecule has 0 fully saturated rings. The van der Waals surface area contributed by atoms with E-state index < -0.39 is 0 Å². The molecule has 0 atom stereocenters. The number of hydrogen-bond donors (Lipinski definition) is 1. The third-order valence-corrected chi connectivity index (χ3v) is 1.93. The predicted octanol–water partition coefficient (Wildman–Crippen LogP) is 1.74. The van der Waals surface area contributed by atoms with E-state index in [0.717, 1.165) is 24.2 Å². The SMILES string of the molecule is C=C1NC=CC2=C1CCC=N2. The Morgan fingerprint density at radius 2 is 2.45 bits per heavy atom. The van der Waals surface area contributed by atoms with Crippen LogP contribution < -0.4 is 5.32 Å². The van der Waals surface area contributed by atoms with Crippen molar-refractivity contribution in [3.8, 4) is 0 Å². The van der Waals surface area contributed by atoms with Crippen molar-refractivity contribution in [3.05, 3.63) is 35.8 Å². The van der Waals surface area contributed by atoms with E-state index in [1.165, 1.54) is 5.57 Å². The molecular weight excluding hydrogens is 136 g/mol. The van der Waals surface area contributed by atoms with Gasteiger partial charge in [-0.1, -0.05) is 6.58 Å². The first-order valence-electron chi connectivity index (χ1n) is 3.76. The molecule has 0 aromatic carbocycles. The number of allylic oxidation sites excluding steroid dienone is 2. The van der Waals surface area contributed by atoms with Crippen molar-refractivity contribution in [1.82, 2.24) is 5.32 Å². The first kappa shape index (κ1) is 6.40. The Hall–Kier alpha value is -1.31. The highest BCUT2D eigenvalue weighted by atomic mass is 14.9. The number of nitrogens with one attached hydrogen (secondary N) is 1. The summed E-state index contributed by atoms with van der Waals surface area (Å²) in [6, 6.07) is 0. The van der Waals surface area contributed by atoms with E-state index in [0.29, 0.717) is 0 Å². The molecule has 56 valence electrons. The van der Waals surface area contributed by atoms with Gasteiger partial charge in [-0.3, -0.25) is 4.99 Å². The van der Waals surface area contributed by atoms with Crippen LogP contribution in [0.1, 0.15) is 12.8 Å². The maximum Gasteiger partial charge on any atom is 0.0692 e. The van der Waals surface area contributed by atoms with Gasteiger partial charge < -0.3 is 5.32 Å². The van der Waals surface area contributed by atoms with Gasteiger partial charge in [0, 0.05) is 23.7 Å². The first-order chi connectivity index (χ1) is 5.38. The molecule has 2 heteroatoms. The Balaban J connectivity index is 2.43. The number of dihydropyridines is 1. The standard InChI is InChI=1S/C9H10N2/c1-7-8-3-2-5-11-9(8)4-6-10-7/h4-6,10H,1-3H2. The fourth-order valence-electron chi connectivity index (χ4n) is 1.34. The lowest BCUT2D eigenvalue weighted by molar-refractivity contribution is 0.911. The summed E-state index contributed by atoms with van der Waals surface area (Å²) in [7, 11) is 0. The van der Waals surface area contributed by atoms with Crippen molar-refractivity contribution < 1.29 is 0 Å². The molecule has 2 aliphatic rings. The highest BCUT2D eigenvalue weighted by molar-refractivity contribution is 5.64. The van der Waals surface area contributed by atoms with Crippen molar-refractivity contribution in [2.45, 2.75) is 12.8 Å².